The highest BCUT2D eigenvalue weighted by molar-refractivity contribution is 5.93. The second-order valence-corrected chi connectivity index (χ2v) is 5.39. The van der Waals surface area contributed by atoms with Crippen molar-refractivity contribution in [1.29, 1.82) is 0 Å². The van der Waals surface area contributed by atoms with E-state index in [0.717, 1.165) is 41.6 Å². The van der Waals surface area contributed by atoms with Crippen molar-refractivity contribution >= 4 is 22.6 Å². The van der Waals surface area contributed by atoms with Crippen LogP contribution >= 0.6 is 0 Å². The first kappa shape index (κ1) is 13.0. The van der Waals surface area contributed by atoms with Crippen LogP contribution in [0.3, 0.4) is 0 Å². The molecule has 4 rings (SSSR count). The zero-order valence-electron chi connectivity index (χ0n) is 12.0. The average Bonchev–Trinajstić information content (AvgIpc) is 2.99. The molecule has 1 N–H and O–H groups in total. The number of rotatable bonds is 1. The Kier molecular flexibility index (Phi) is 3.11. The lowest BCUT2D eigenvalue weighted by Crippen LogP contribution is -2.22. The zero-order chi connectivity index (χ0) is 14.9. The third-order valence-electron chi connectivity index (χ3n) is 3.94. The molecule has 5 nitrogen and oxygen atoms in total. The maximum atomic E-state index is 12.5. The number of fused-ring (bicyclic) bond motifs is 2. The van der Waals surface area contributed by atoms with Crippen LogP contribution in [0.1, 0.15) is 17.8 Å². The van der Waals surface area contributed by atoms with Gasteiger partial charge in [-0.1, -0.05) is 18.2 Å². The van der Waals surface area contributed by atoms with Gasteiger partial charge in [0, 0.05) is 5.39 Å². The van der Waals surface area contributed by atoms with Crippen molar-refractivity contribution < 1.29 is 4.79 Å². The Bertz CT molecular complexity index is 853. The van der Waals surface area contributed by atoms with Gasteiger partial charge in [-0.05, 0) is 37.8 Å². The van der Waals surface area contributed by atoms with E-state index in [1.165, 1.54) is 0 Å². The summed E-state index contributed by atoms with van der Waals surface area (Å²) in [5.74, 6) is 0. The first-order valence-electron chi connectivity index (χ1n) is 7.34. The molecular weight excluding hydrogens is 276 g/mol. The Balaban J connectivity index is 1.62. The molecule has 5 heteroatoms. The molecule has 1 aromatic carbocycles. The van der Waals surface area contributed by atoms with E-state index in [-0.39, 0.29) is 6.03 Å². The summed E-state index contributed by atoms with van der Waals surface area (Å²) in [6, 6.07) is 9.57. The molecule has 2 heterocycles. The summed E-state index contributed by atoms with van der Waals surface area (Å²) >= 11 is 0. The van der Waals surface area contributed by atoms with E-state index in [9.17, 15) is 4.79 Å². The Morgan fingerprint density at radius 1 is 1.23 bits per heavy atom. The van der Waals surface area contributed by atoms with Gasteiger partial charge in [0.25, 0.3) is 0 Å². The number of carbonyl (C=O) groups excluding carboxylic acids is 1. The molecule has 0 bridgehead atoms. The fraction of sp³-hybridized carbons (Fsp3) is 0.176. The zero-order valence-corrected chi connectivity index (χ0v) is 12.0. The lowest BCUT2D eigenvalue weighted by molar-refractivity contribution is 0.252. The molecule has 109 valence electrons. The van der Waals surface area contributed by atoms with Crippen LogP contribution in [0.25, 0.3) is 10.9 Å². The van der Waals surface area contributed by atoms with Crippen LogP contribution < -0.4 is 5.32 Å². The van der Waals surface area contributed by atoms with Gasteiger partial charge in [0.1, 0.15) is 6.33 Å². The van der Waals surface area contributed by atoms with Crippen LogP contribution in [0.4, 0.5) is 10.5 Å². The smallest absolute Gasteiger partial charge is 0.306 e. The standard InChI is InChI=1S/C17H15N4O/c22-17(21-11-19-15-7-3-4-8-16(15)21)20-13-9-12-5-1-2-6-14(12)18-10-13/h1-3,5-6,9-11H,4,7-8H2,(H,20,22). The largest absolute Gasteiger partial charge is 0.331 e. The first-order chi connectivity index (χ1) is 10.8. The van der Waals surface area contributed by atoms with Crippen LogP contribution in [0.15, 0.2) is 42.9 Å². The van der Waals surface area contributed by atoms with Gasteiger partial charge in [-0.2, -0.15) is 0 Å². The molecule has 22 heavy (non-hydrogen) atoms. The predicted octanol–water partition coefficient (Wildman–Crippen LogP) is 3.20. The van der Waals surface area contributed by atoms with Gasteiger partial charge in [-0.15, -0.1) is 0 Å². The molecule has 1 radical (unpaired) electrons. The first-order valence-corrected chi connectivity index (χ1v) is 7.34. The van der Waals surface area contributed by atoms with E-state index in [4.69, 9.17) is 0 Å². The molecule has 0 aliphatic heterocycles. The number of nitrogens with zero attached hydrogens (tertiary/aromatic N) is 3. The average molecular weight is 291 g/mol. The third kappa shape index (κ3) is 2.24. The van der Waals surface area contributed by atoms with E-state index < -0.39 is 0 Å². The minimum Gasteiger partial charge on any atom is -0.306 e. The number of para-hydroxylation sites is 1. The van der Waals surface area contributed by atoms with Gasteiger partial charge in [-0.25, -0.2) is 9.78 Å². The van der Waals surface area contributed by atoms with Crippen molar-refractivity contribution in [2.75, 3.05) is 5.32 Å². The van der Waals surface area contributed by atoms with Crippen molar-refractivity contribution in [3.63, 3.8) is 0 Å². The normalized spacial score (nSPS) is 13.8. The van der Waals surface area contributed by atoms with Crippen LogP contribution in [-0.4, -0.2) is 20.6 Å². The topological polar surface area (TPSA) is 59.8 Å². The number of benzene rings is 1. The highest BCUT2D eigenvalue weighted by atomic mass is 16.2. The predicted molar refractivity (Wildman–Crippen MR) is 84.7 cm³/mol. The number of hydrogen-bond acceptors (Lipinski definition) is 3. The van der Waals surface area contributed by atoms with Gasteiger partial charge in [0.2, 0.25) is 0 Å². The molecule has 2 aromatic heterocycles. The SMILES string of the molecule is O=C(Nc1cnc2ccccc2c1)n1cnc2c1CC[CH]C2. The van der Waals surface area contributed by atoms with Gasteiger partial charge >= 0.3 is 6.03 Å². The van der Waals surface area contributed by atoms with Crippen molar-refractivity contribution in [1.82, 2.24) is 14.5 Å². The second kappa shape index (κ2) is 5.26. The number of imidazole rings is 1. The summed E-state index contributed by atoms with van der Waals surface area (Å²) in [6.07, 6.45) is 8.17. The van der Waals surface area contributed by atoms with Gasteiger partial charge in [0.05, 0.1) is 28.8 Å². The van der Waals surface area contributed by atoms with Gasteiger partial charge in [0.15, 0.2) is 0 Å². The summed E-state index contributed by atoms with van der Waals surface area (Å²) in [5, 5.41) is 3.90. The second-order valence-electron chi connectivity index (χ2n) is 5.39. The molecule has 1 aliphatic carbocycles. The van der Waals surface area contributed by atoms with Crippen molar-refractivity contribution in [2.24, 2.45) is 0 Å². The molecule has 0 atom stereocenters. The molecule has 1 amide bonds. The van der Waals surface area contributed by atoms with Gasteiger partial charge in [-0.3, -0.25) is 9.55 Å². The number of carbonyl (C=O) groups is 1. The number of pyridine rings is 1. The Labute approximate surface area is 128 Å². The fourth-order valence-corrected chi connectivity index (χ4v) is 2.82. The summed E-state index contributed by atoms with van der Waals surface area (Å²) < 4.78 is 1.61. The van der Waals surface area contributed by atoms with Crippen LogP contribution in [-0.2, 0) is 12.8 Å². The van der Waals surface area contributed by atoms with Crippen LogP contribution in [0.2, 0.25) is 0 Å². The van der Waals surface area contributed by atoms with E-state index in [0.29, 0.717) is 5.69 Å². The maximum absolute atomic E-state index is 12.5. The number of hydrogen-bond donors (Lipinski definition) is 1. The number of amides is 1. The highest BCUT2D eigenvalue weighted by Crippen LogP contribution is 2.20. The summed E-state index contributed by atoms with van der Waals surface area (Å²) in [4.78, 5) is 21.1. The third-order valence-corrected chi connectivity index (χ3v) is 3.94. The maximum Gasteiger partial charge on any atom is 0.331 e. The van der Waals surface area contributed by atoms with Crippen molar-refractivity contribution in [3.05, 3.63) is 60.7 Å². The summed E-state index contributed by atoms with van der Waals surface area (Å²) in [5.41, 5.74) is 3.61. The molecule has 0 saturated carbocycles. The quantitative estimate of drug-likeness (QED) is 0.749. The Morgan fingerprint density at radius 3 is 3.09 bits per heavy atom. The van der Waals surface area contributed by atoms with Crippen molar-refractivity contribution in [3.8, 4) is 0 Å². The lowest BCUT2D eigenvalue weighted by Gasteiger charge is -2.13. The van der Waals surface area contributed by atoms with Crippen LogP contribution in [0.5, 0.6) is 0 Å². The lowest BCUT2D eigenvalue weighted by atomic mass is 10.0. The fourth-order valence-electron chi connectivity index (χ4n) is 2.82. The minimum absolute atomic E-state index is 0.187. The van der Waals surface area contributed by atoms with Crippen molar-refractivity contribution in [2.45, 2.75) is 19.3 Å². The van der Waals surface area contributed by atoms with E-state index in [2.05, 4.69) is 21.7 Å². The van der Waals surface area contributed by atoms with E-state index >= 15 is 0 Å². The Hall–Kier alpha value is -2.69. The molecular formula is C17H15N4O. The molecule has 1 aliphatic rings. The minimum atomic E-state index is -0.187. The Morgan fingerprint density at radius 2 is 2.14 bits per heavy atom. The van der Waals surface area contributed by atoms with Crippen LogP contribution in [0, 0.1) is 6.42 Å². The molecule has 0 fully saturated rings. The number of anilines is 1. The summed E-state index contributed by atoms with van der Waals surface area (Å²) in [7, 11) is 0. The molecule has 0 unspecified atom stereocenters. The van der Waals surface area contributed by atoms with Gasteiger partial charge < -0.3 is 5.32 Å². The molecule has 3 aromatic rings. The monoisotopic (exact) mass is 291 g/mol. The number of aromatic nitrogens is 3. The summed E-state index contributed by atoms with van der Waals surface area (Å²) in [6.45, 7) is 0. The van der Waals surface area contributed by atoms with E-state index in [1.54, 1.807) is 17.1 Å². The van der Waals surface area contributed by atoms with E-state index in [1.807, 2.05) is 30.3 Å². The molecule has 0 saturated heterocycles. The highest BCUT2D eigenvalue weighted by Gasteiger charge is 2.19. The number of nitrogens with one attached hydrogen (secondary N) is 1. The molecule has 0 spiro atoms.